The second-order valence-electron chi connectivity index (χ2n) is 5.89. The van der Waals surface area contributed by atoms with Crippen LogP contribution < -0.4 is 5.32 Å². The summed E-state index contributed by atoms with van der Waals surface area (Å²) in [5.74, 6) is 1.31. The monoisotopic (exact) mass is 361 g/mol. The lowest BCUT2D eigenvalue weighted by Gasteiger charge is -2.15. The molecule has 1 amide bonds. The summed E-state index contributed by atoms with van der Waals surface area (Å²) < 4.78 is 0. The van der Waals surface area contributed by atoms with Crippen molar-refractivity contribution < 1.29 is 9.59 Å². The van der Waals surface area contributed by atoms with Gasteiger partial charge >= 0.3 is 0 Å². The zero-order valence-electron chi connectivity index (χ0n) is 14.6. The maximum absolute atomic E-state index is 11.9. The molecule has 0 unspecified atom stereocenters. The zero-order chi connectivity index (χ0) is 17.7. The van der Waals surface area contributed by atoms with Gasteiger partial charge in [-0.3, -0.25) is 9.59 Å². The van der Waals surface area contributed by atoms with Crippen molar-refractivity contribution in [3.05, 3.63) is 56.3 Å². The van der Waals surface area contributed by atoms with Gasteiger partial charge in [0.2, 0.25) is 5.91 Å². The Labute approximate surface area is 151 Å². The van der Waals surface area contributed by atoms with E-state index in [9.17, 15) is 9.59 Å². The lowest BCUT2D eigenvalue weighted by molar-refractivity contribution is -0.118. The topological polar surface area (TPSA) is 46.2 Å². The molecular formula is C19H23NO2S2. The molecular weight excluding hydrogens is 338 g/mol. The van der Waals surface area contributed by atoms with E-state index in [4.69, 9.17) is 0 Å². The maximum Gasteiger partial charge on any atom is 0.230 e. The first-order valence-corrected chi connectivity index (χ1v) is 9.91. The van der Waals surface area contributed by atoms with E-state index in [0.717, 1.165) is 27.3 Å². The van der Waals surface area contributed by atoms with Gasteiger partial charge in [-0.05, 0) is 61.4 Å². The van der Waals surface area contributed by atoms with Crippen LogP contribution in [0.1, 0.15) is 44.4 Å². The summed E-state index contributed by atoms with van der Waals surface area (Å²) in [4.78, 5) is 25.0. The first-order valence-electron chi connectivity index (χ1n) is 7.87. The van der Waals surface area contributed by atoms with Gasteiger partial charge in [0, 0.05) is 16.2 Å². The van der Waals surface area contributed by atoms with Gasteiger partial charge in [-0.25, -0.2) is 0 Å². The van der Waals surface area contributed by atoms with E-state index in [-0.39, 0.29) is 11.7 Å². The minimum absolute atomic E-state index is 0.0441. The highest BCUT2D eigenvalue weighted by molar-refractivity contribution is 7.99. The molecule has 1 aromatic carbocycles. The molecule has 0 fully saturated rings. The van der Waals surface area contributed by atoms with Gasteiger partial charge in [-0.15, -0.1) is 23.1 Å². The largest absolute Gasteiger partial charge is 0.350 e. The Bertz CT molecular complexity index is 736. The van der Waals surface area contributed by atoms with E-state index in [0.29, 0.717) is 12.3 Å². The molecule has 0 saturated carbocycles. The quantitative estimate of drug-likeness (QED) is 0.742. The van der Waals surface area contributed by atoms with Gasteiger partial charge in [0.1, 0.15) is 0 Å². The summed E-state index contributed by atoms with van der Waals surface area (Å²) in [5.41, 5.74) is 5.24. The SMILES string of the molecule is CC(=O)c1c(C)cc(C)c(CSCC(=O)NCc2cccs2)c1C. The number of amides is 1. The van der Waals surface area contributed by atoms with Crippen molar-refractivity contribution in [3.8, 4) is 0 Å². The number of carbonyl (C=O) groups excluding carboxylic acids is 2. The summed E-state index contributed by atoms with van der Waals surface area (Å²) in [6, 6.07) is 6.06. The maximum atomic E-state index is 11.9. The third-order valence-corrected chi connectivity index (χ3v) is 5.84. The van der Waals surface area contributed by atoms with Crippen LogP contribution in [-0.4, -0.2) is 17.4 Å². The predicted molar refractivity (Wildman–Crippen MR) is 103 cm³/mol. The number of hydrogen-bond donors (Lipinski definition) is 1. The standard InChI is InChI=1S/C19H23NO2S2/c1-12-8-13(2)19(15(4)21)14(3)17(12)10-23-11-18(22)20-9-16-6-5-7-24-16/h5-8H,9-11H2,1-4H3,(H,20,22). The number of nitrogens with one attached hydrogen (secondary N) is 1. The van der Waals surface area contributed by atoms with Gasteiger partial charge in [-0.2, -0.15) is 0 Å². The van der Waals surface area contributed by atoms with E-state index in [2.05, 4.69) is 18.3 Å². The first-order chi connectivity index (χ1) is 11.4. The van der Waals surface area contributed by atoms with Crippen LogP contribution in [0.3, 0.4) is 0 Å². The number of hydrogen-bond acceptors (Lipinski definition) is 4. The molecule has 0 spiro atoms. The Morgan fingerprint density at radius 1 is 1.21 bits per heavy atom. The number of rotatable bonds is 7. The molecule has 2 rings (SSSR count). The Balaban J connectivity index is 1.93. The molecule has 0 bridgehead atoms. The Hall–Kier alpha value is -1.59. The molecule has 24 heavy (non-hydrogen) atoms. The molecule has 0 radical (unpaired) electrons. The minimum atomic E-state index is 0.0441. The van der Waals surface area contributed by atoms with Crippen LogP contribution in [0.2, 0.25) is 0 Å². The lowest BCUT2D eigenvalue weighted by atomic mass is 9.92. The van der Waals surface area contributed by atoms with Crippen LogP contribution in [0.25, 0.3) is 0 Å². The van der Waals surface area contributed by atoms with Crippen LogP contribution in [-0.2, 0) is 17.1 Å². The summed E-state index contributed by atoms with van der Waals surface area (Å²) in [7, 11) is 0. The van der Waals surface area contributed by atoms with Crippen molar-refractivity contribution >= 4 is 34.8 Å². The third-order valence-electron chi connectivity index (χ3n) is 4.00. The number of thioether (sulfide) groups is 1. The number of carbonyl (C=O) groups is 2. The summed E-state index contributed by atoms with van der Waals surface area (Å²) in [6.45, 7) is 8.25. The molecule has 1 N–H and O–H groups in total. The molecule has 2 aromatic rings. The molecule has 0 aliphatic heterocycles. The summed E-state index contributed by atoms with van der Waals surface area (Å²) in [6.07, 6.45) is 0. The van der Waals surface area contributed by atoms with Crippen LogP contribution in [0.15, 0.2) is 23.6 Å². The van der Waals surface area contributed by atoms with Gasteiger partial charge < -0.3 is 5.32 Å². The first kappa shape index (κ1) is 18.7. The van der Waals surface area contributed by atoms with Gasteiger partial charge in [0.05, 0.1) is 12.3 Å². The van der Waals surface area contributed by atoms with E-state index >= 15 is 0 Å². The fourth-order valence-corrected chi connectivity index (χ4v) is 4.57. The molecule has 0 aliphatic rings. The van der Waals surface area contributed by atoms with Crippen LogP contribution in [0, 0.1) is 20.8 Å². The molecule has 0 aliphatic carbocycles. The predicted octanol–water partition coefficient (Wildman–Crippen LogP) is 4.43. The van der Waals surface area contributed by atoms with E-state index in [1.807, 2.05) is 31.4 Å². The van der Waals surface area contributed by atoms with Crippen LogP contribution in [0.5, 0.6) is 0 Å². The Morgan fingerprint density at radius 3 is 2.58 bits per heavy atom. The molecule has 128 valence electrons. The van der Waals surface area contributed by atoms with Crippen LogP contribution in [0.4, 0.5) is 0 Å². The number of thiophene rings is 1. The van der Waals surface area contributed by atoms with Crippen molar-refractivity contribution in [1.29, 1.82) is 0 Å². The average molecular weight is 362 g/mol. The molecule has 0 atom stereocenters. The van der Waals surface area contributed by atoms with E-state index < -0.39 is 0 Å². The van der Waals surface area contributed by atoms with Gasteiger partial charge in [-0.1, -0.05) is 12.1 Å². The van der Waals surface area contributed by atoms with Crippen molar-refractivity contribution in [2.45, 2.75) is 40.0 Å². The van der Waals surface area contributed by atoms with Crippen molar-refractivity contribution in [2.75, 3.05) is 5.75 Å². The summed E-state index contributed by atoms with van der Waals surface area (Å²) >= 11 is 3.23. The lowest BCUT2D eigenvalue weighted by Crippen LogP contribution is -2.24. The average Bonchev–Trinajstić information content (AvgIpc) is 3.01. The highest BCUT2D eigenvalue weighted by Gasteiger charge is 2.14. The number of Topliss-reactive ketones (excluding diaryl/α,β-unsaturated/α-hetero) is 1. The van der Waals surface area contributed by atoms with Gasteiger partial charge in [0.25, 0.3) is 0 Å². The fraction of sp³-hybridized carbons (Fsp3) is 0.368. The Morgan fingerprint density at radius 2 is 1.96 bits per heavy atom. The highest BCUT2D eigenvalue weighted by Crippen LogP contribution is 2.26. The van der Waals surface area contributed by atoms with Gasteiger partial charge in [0.15, 0.2) is 5.78 Å². The molecule has 1 heterocycles. The van der Waals surface area contributed by atoms with E-state index in [1.165, 1.54) is 11.1 Å². The smallest absolute Gasteiger partial charge is 0.230 e. The van der Waals surface area contributed by atoms with Crippen LogP contribution >= 0.6 is 23.1 Å². The molecule has 0 saturated heterocycles. The molecule has 5 heteroatoms. The molecule has 1 aromatic heterocycles. The zero-order valence-corrected chi connectivity index (χ0v) is 16.2. The Kier molecular flexibility index (Phi) is 6.63. The second kappa shape index (κ2) is 8.49. The highest BCUT2D eigenvalue weighted by atomic mass is 32.2. The van der Waals surface area contributed by atoms with Crippen molar-refractivity contribution in [1.82, 2.24) is 5.32 Å². The number of benzene rings is 1. The van der Waals surface area contributed by atoms with E-state index in [1.54, 1.807) is 30.0 Å². The third kappa shape index (κ3) is 4.71. The number of ketones is 1. The number of aryl methyl sites for hydroxylation is 2. The van der Waals surface area contributed by atoms with Crippen molar-refractivity contribution in [2.24, 2.45) is 0 Å². The fourth-order valence-electron chi connectivity index (χ4n) is 2.89. The van der Waals surface area contributed by atoms with Crippen molar-refractivity contribution in [3.63, 3.8) is 0 Å². The normalized spacial score (nSPS) is 10.7. The summed E-state index contributed by atoms with van der Waals surface area (Å²) in [5, 5.41) is 4.94. The second-order valence-corrected chi connectivity index (χ2v) is 7.91. The minimum Gasteiger partial charge on any atom is -0.350 e. The molecule has 3 nitrogen and oxygen atoms in total.